The summed E-state index contributed by atoms with van der Waals surface area (Å²) < 4.78 is 7.15. The maximum atomic E-state index is 11.4. The summed E-state index contributed by atoms with van der Waals surface area (Å²) in [7, 11) is 0. The quantitative estimate of drug-likeness (QED) is 0.699. The summed E-state index contributed by atoms with van der Waals surface area (Å²) in [5, 5.41) is 0. The summed E-state index contributed by atoms with van der Waals surface area (Å²) in [6.45, 7) is 0. The molecular formula is C18H17IO2. The van der Waals surface area contributed by atoms with Gasteiger partial charge in [0.1, 0.15) is 17.6 Å². The molecule has 3 rings (SSSR count). The van der Waals surface area contributed by atoms with Crippen LogP contribution in [0.1, 0.15) is 25.7 Å². The highest BCUT2D eigenvalue weighted by Gasteiger charge is 2.20. The summed E-state index contributed by atoms with van der Waals surface area (Å²) in [6.07, 6.45) is 3.25. The van der Waals surface area contributed by atoms with Crippen molar-refractivity contribution in [1.29, 1.82) is 0 Å². The van der Waals surface area contributed by atoms with Crippen LogP contribution in [0.5, 0.6) is 5.75 Å². The Morgan fingerprint density at radius 1 is 0.952 bits per heavy atom. The van der Waals surface area contributed by atoms with Gasteiger partial charge < -0.3 is 4.74 Å². The number of benzene rings is 2. The third-order valence-electron chi connectivity index (χ3n) is 3.77. The van der Waals surface area contributed by atoms with Gasteiger partial charge in [-0.2, -0.15) is 0 Å². The van der Waals surface area contributed by atoms with Gasteiger partial charge in [0.25, 0.3) is 0 Å². The number of rotatable bonds is 3. The van der Waals surface area contributed by atoms with E-state index in [1.54, 1.807) is 0 Å². The Morgan fingerprint density at radius 3 is 2.19 bits per heavy atom. The first-order valence-electron chi connectivity index (χ1n) is 7.25. The van der Waals surface area contributed by atoms with E-state index in [1.807, 2.05) is 12.1 Å². The number of carbonyl (C=O) groups is 1. The molecular weight excluding hydrogens is 375 g/mol. The van der Waals surface area contributed by atoms with E-state index < -0.39 is 0 Å². The lowest BCUT2D eigenvalue weighted by Crippen LogP contribution is -2.25. The molecule has 3 heteroatoms. The Hall–Kier alpha value is -1.36. The molecule has 1 unspecified atom stereocenters. The van der Waals surface area contributed by atoms with Crippen LogP contribution in [-0.2, 0) is 4.79 Å². The van der Waals surface area contributed by atoms with Crippen molar-refractivity contribution in [3.05, 3.63) is 52.1 Å². The van der Waals surface area contributed by atoms with Crippen molar-refractivity contribution < 1.29 is 9.53 Å². The zero-order valence-corrected chi connectivity index (χ0v) is 13.9. The van der Waals surface area contributed by atoms with E-state index in [9.17, 15) is 4.79 Å². The van der Waals surface area contributed by atoms with Crippen molar-refractivity contribution >= 4 is 28.4 Å². The van der Waals surface area contributed by atoms with Gasteiger partial charge in [-0.15, -0.1) is 0 Å². The Balaban J connectivity index is 1.69. The molecule has 0 spiro atoms. The van der Waals surface area contributed by atoms with E-state index in [0.29, 0.717) is 18.6 Å². The third kappa shape index (κ3) is 3.84. The molecule has 0 saturated heterocycles. The van der Waals surface area contributed by atoms with E-state index >= 15 is 0 Å². The van der Waals surface area contributed by atoms with E-state index in [0.717, 1.165) is 18.6 Å². The zero-order valence-electron chi connectivity index (χ0n) is 11.7. The summed E-state index contributed by atoms with van der Waals surface area (Å²) in [5.74, 6) is 1.17. The minimum atomic E-state index is 0.0513. The molecule has 0 aliphatic heterocycles. The highest BCUT2D eigenvalue weighted by atomic mass is 127. The largest absolute Gasteiger partial charge is 0.490 e. The predicted octanol–water partition coefficient (Wildman–Crippen LogP) is 4.85. The molecule has 0 amide bonds. The molecule has 2 nitrogen and oxygen atoms in total. The van der Waals surface area contributed by atoms with Crippen LogP contribution in [-0.4, -0.2) is 11.9 Å². The van der Waals surface area contributed by atoms with Crippen LogP contribution in [0, 0.1) is 3.57 Å². The maximum absolute atomic E-state index is 11.4. The lowest BCUT2D eigenvalue weighted by atomic mass is 9.96. The molecule has 1 atom stereocenters. The van der Waals surface area contributed by atoms with Crippen molar-refractivity contribution in [3.8, 4) is 16.9 Å². The van der Waals surface area contributed by atoms with Crippen LogP contribution in [0.2, 0.25) is 0 Å². The summed E-state index contributed by atoms with van der Waals surface area (Å²) in [6, 6.07) is 16.6. The first-order chi connectivity index (χ1) is 10.2. The molecule has 0 N–H and O–H groups in total. The Labute approximate surface area is 138 Å². The van der Waals surface area contributed by atoms with Crippen LogP contribution in [0.15, 0.2) is 48.5 Å². The van der Waals surface area contributed by atoms with Gasteiger partial charge in [-0.05, 0) is 70.8 Å². The summed E-state index contributed by atoms with van der Waals surface area (Å²) in [5.41, 5.74) is 2.38. The SMILES string of the molecule is O=C1CCCC(Oc2ccc(-c3ccc(I)cc3)cc2)C1. The van der Waals surface area contributed by atoms with Gasteiger partial charge in [0.15, 0.2) is 0 Å². The predicted molar refractivity (Wildman–Crippen MR) is 92.5 cm³/mol. The van der Waals surface area contributed by atoms with Gasteiger partial charge in [-0.3, -0.25) is 4.79 Å². The molecule has 1 aliphatic rings. The molecule has 2 aromatic rings. The average Bonchev–Trinajstić information content (AvgIpc) is 2.49. The molecule has 1 aliphatic carbocycles. The number of hydrogen-bond acceptors (Lipinski definition) is 2. The monoisotopic (exact) mass is 392 g/mol. The van der Waals surface area contributed by atoms with Crippen LogP contribution in [0.3, 0.4) is 0 Å². The highest BCUT2D eigenvalue weighted by molar-refractivity contribution is 14.1. The third-order valence-corrected chi connectivity index (χ3v) is 4.49. The standard InChI is InChI=1S/C18H17IO2/c19-15-8-4-13(5-9-15)14-6-10-17(11-7-14)21-18-3-1-2-16(20)12-18/h4-11,18H,1-3,12H2. The number of Topliss-reactive ketones (excluding diaryl/α,β-unsaturated/α-hetero) is 1. The number of carbonyl (C=O) groups excluding carboxylic acids is 1. The van der Waals surface area contributed by atoms with Gasteiger partial charge in [0, 0.05) is 16.4 Å². The second-order valence-corrected chi connectivity index (χ2v) is 6.65. The summed E-state index contributed by atoms with van der Waals surface area (Å²) in [4.78, 5) is 11.4. The van der Waals surface area contributed by atoms with E-state index in [2.05, 4.69) is 59.0 Å². The number of ether oxygens (including phenoxy) is 1. The van der Waals surface area contributed by atoms with E-state index in [-0.39, 0.29) is 6.10 Å². The van der Waals surface area contributed by atoms with Crippen molar-refractivity contribution in [1.82, 2.24) is 0 Å². The van der Waals surface area contributed by atoms with Crippen molar-refractivity contribution in [2.45, 2.75) is 31.8 Å². The lowest BCUT2D eigenvalue weighted by molar-refractivity contribution is -0.122. The van der Waals surface area contributed by atoms with Crippen molar-refractivity contribution in [3.63, 3.8) is 0 Å². The number of hydrogen-bond donors (Lipinski definition) is 0. The lowest BCUT2D eigenvalue weighted by Gasteiger charge is -2.22. The minimum absolute atomic E-state index is 0.0513. The molecule has 0 aromatic heterocycles. The normalized spacial score (nSPS) is 18.5. The van der Waals surface area contributed by atoms with E-state index in [1.165, 1.54) is 14.7 Å². The molecule has 108 valence electrons. The first kappa shape index (κ1) is 14.6. The first-order valence-corrected chi connectivity index (χ1v) is 8.33. The van der Waals surface area contributed by atoms with Crippen LogP contribution >= 0.6 is 22.6 Å². The van der Waals surface area contributed by atoms with Gasteiger partial charge >= 0.3 is 0 Å². The minimum Gasteiger partial charge on any atom is -0.490 e. The van der Waals surface area contributed by atoms with Gasteiger partial charge in [0.05, 0.1) is 0 Å². The molecule has 0 bridgehead atoms. The Morgan fingerprint density at radius 2 is 1.57 bits per heavy atom. The Bertz CT molecular complexity index is 617. The highest BCUT2D eigenvalue weighted by Crippen LogP contribution is 2.26. The average molecular weight is 392 g/mol. The van der Waals surface area contributed by atoms with Gasteiger partial charge in [-0.1, -0.05) is 24.3 Å². The zero-order chi connectivity index (χ0) is 14.7. The smallest absolute Gasteiger partial charge is 0.136 e. The number of halogens is 1. The fraction of sp³-hybridized carbons (Fsp3) is 0.278. The molecule has 0 heterocycles. The Kier molecular flexibility index (Phi) is 4.58. The fourth-order valence-electron chi connectivity index (χ4n) is 2.65. The summed E-state index contributed by atoms with van der Waals surface area (Å²) >= 11 is 2.31. The number of ketones is 1. The maximum Gasteiger partial charge on any atom is 0.136 e. The second kappa shape index (κ2) is 6.60. The molecule has 21 heavy (non-hydrogen) atoms. The van der Waals surface area contributed by atoms with E-state index in [4.69, 9.17) is 4.74 Å². The van der Waals surface area contributed by atoms with Crippen molar-refractivity contribution in [2.75, 3.05) is 0 Å². The topological polar surface area (TPSA) is 26.3 Å². The molecule has 0 radical (unpaired) electrons. The van der Waals surface area contributed by atoms with Crippen LogP contribution < -0.4 is 4.74 Å². The molecule has 1 fully saturated rings. The van der Waals surface area contributed by atoms with Crippen LogP contribution in [0.4, 0.5) is 0 Å². The van der Waals surface area contributed by atoms with Crippen LogP contribution in [0.25, 0.3) is 11.1 Å². The fourth-order valence-corrected chi connectivity index (χ4v) is 3.01. The van der Waals surface area contributed by atoms with Gasteiger partial charge in [0.2, 0.25) is 0 Å². The molecule has 1 saturated carbocycles. The molecule has 2 aromatic carbocycles. The van der Waals surface area contributed by atoms with Gasteiger partial charge in [-0.25, -0.2) is 0 Å². The second-order valence-electron chi connectivity index (χ2n) is 5.41. The van der Waals surface area contributed by atoms with Crippen molar-refractivity contribution in [2.24, 2.45) is 0 Å².